The minimum absolute atomic E-state index is 0.188. The molecule has 0 aliphatic carbocycles. The predicted octanol–water partition coefficient (Wildman–Crippen LogP) is 9.43. The van der Waals surface area contributed by atoms with Gasteiger partial charge < -0.3 is 14.2 Å². The maximum atomic E-state index is 13.9. The summed E-state index contributed by atoms with van der Waals surface area (Å²) in [6.07, 6.45) is 1.61. The van der Waals surface area contributed by atoms with E-state index in [9.17, 15) is 4.79 Å². The van der Waals surface area contributed by atoms with E-state index in [1.807, 2.05) is 56.3 Å². The van der Waals surface area contributed by atoms with Gasteiger partial charge >= 0.3 is 0 Å². The number of rotatable bonds is 10. The van der Waals surface area contributed by atoms with Gasteiger partial charge in [0.1, 0.15) is 12.4 Å². The Balaban J connectivity index is 1.59. The zero-order valence-corrected chi connectivity index (χ0v) is 28.6. The van der Waals surface area contributed by atoms with Crippen molar-refractivity contribution >= 4 is 56.2 Å². The lowest BCUT2D eigenvalue weighted by Crippen LogP contribution is -2.21. The summed E-state index contributed by atoms with van der Waals surface area (Å²) in [6.45, 7) is 8.70. The fraction of sp³-hybridized carbons (Fsp3) is 0.229. The molecule has 1 heterocycles. The number of methoxy groups -OCH3 is 1. The fourth-order valence-corrected chi connectivity index (χ4v) is 5.81. The average molecular weight is 709 g/mol. The van der Waals surface area contributed by atoms with Crippen LogP contribution in [0.1, 0.15) is 48.9 Å². The third kappa shape index (κ3) is 7.03. The highest BCUT2D eigenvalue weighted by atomic mass is 79.9. The summed E-state index contributed by atoms with van der Waals surface area (Å²) in [4.78, 5) is 18.8. The standard InChI is InChI=1S/C35H32BrCl2N3O4/c1-6-44-32-14-23(28(36)17-33(32)45-19-22-11-12-24(37)15-29(22)38)18-39-41-34(40-30-10-8-7-9-25(30)35(41)42)27-16-26(20(2)3)31(43-5)13-21(27)4/h7-18,20H,6,19H2,1-5H3. The molecule has 10 heteroatoms. The van der Waals surface area contributed by atoms with Crippen molar-refractivity contribution in [2.45, 2.75) is 40.2 Å². The Bertz CT molecular complexity index is 1970. The molecule has 0 unspecified atom stereocenters. The molecule has 0 saturated heterocycles. The van der Waals surface area contributed by atoms with Gasteiger partial charge in [-0.2, -0.15) is 9.78 Å². The van der Waals surface area contributed by atoms with Gasteiger partial charge in [0, 0.05) is 31.2 Å². The Hall–Kier alpha value is -3.85. The highest BCUT2D eigenvalue weighted by Crippen LogP contribution is 2.36. The van der Waals surface area contributed by atoms with E-state index in [1.165, 1.54) is 4.68 Å². The molecule has 45 heavy (non-hydrogen) atoms. The number of fused-ring (bicyclic) bond motifs is 1. The van der Waals surface area contributed by atoms with Crippen molar-refractivity contribution in [2.24, 2.45) is 5.10 Å². The minimum Gasteiger partial charge on any atom is -0.496 e. The number of hydrogen-bond acceptors (Lipinski definition) is 6. The second-order valence-electron chi connectivity index (χ2n) is 10.7. The van der Waals surface area contributed by atoms with E-state index >= 15 is 0 Å². The maximum absolute atomic E-state index is 13.9. The molecule has 0 radical (unpaired) electrons. The van der Waals surface area contributed by atoms with Crippen LogP contribution in [-0.2, 0) is 6.61 Å². The number of nitrogens with zero attached hydrogens (tertiary/aromatic N) is 3. The highest BCUT2D eigenvalue weighted by Gasteiger charge is 2.19. The van der Waals surface area contributed by atoms with Gasteiger partial charge in [-0.15, -0.1) is 0 Å². The molecule has 0 aliphatic heterocycles. The van der Waals surface area contributed by atoms with E-state index in [0.29, 0.717) is 54.9 Å². The number of aryl methyl sites for hydroxylation is 1. The second kappa shape index (κ2) is 14.1. The summed E-state index contributed by atoms with van der Waals surface area (Å²) in [7, 11) is 1.66. The summed E-state index contributed by atoms with van der Waals surface area (Å²) in [6, 6.07) is 20.1. The van der Waals surface area contributed by atoms with Crippen LogP contribution in [0.15, 0.2) is 81.1 Å². The van der Waals surface area contributed by atoms with Crippen molar-refractivity contribution in [1.82, 2.24) is 9.66 Å². The average Bonchev–Trinajstić information content (AvgIpc) is 3.01. The quantitative estimate of drug-likeness (QED) is 0.135. The van der Waals surface area contributed by atoms with Crippen LogP contribution in [0.25, 0.3) is 22.3 Å². The van der Waals surface area contributed by atoms with Crippen LogP contribution in [-0.4, -0.2) is 29.6 Å². The summed E-state index contributed by atoms with van der Waals surface area (Å²) in [5.74, 6) is 2.44. The predicted molar refractivity (Wildman–Crippen MR) is 186 cm³/mol. The molecule has 5 rings (SSSR count). The van der Waals surface area contributed by atoms with E-state index in [-0.39, 0.29) is 18.1 Å². The van der Waals surface area contributed by atoms with Crippen molar-refractivity contribution < 1.29 is 14.2 Å². The van der Waals surface area contributed by atoms with Crippen LogP contribution in [0.4, 0.5) is 0 Å². The molecule has 0 saturated carbocycles. The van der Waals surface area contributed by atoms with Crippen molar-refractivity contribution in [3.8, 4) is 28.6 Å². The SMILES string of the molecule is CCOc1cc(C=Nn2c(-c3cc(C(C)C)c(OC)cc3C)nc3ccccc3c2=O)c(Br)cc1OCc1ccc(Cl)cc1Cl. The summed E-state index contributed by atoms with van der Waals surface area (Å²) >= 11 is 16.0. The van der Waals surface area contributed by atoms with Gasteiger partial charge in [0.2, 0.25) is 0 Å². The third-order valence-electron chi connectivity index (χ3n) is 7.27. The molecule has 7 nitrogen and oxygen atoms in total. The lowest BCUT2D eigenvalue weighted by atomic mass is 9.96. The fourth-order valence-electron chi connectivity index (χ4n) is 4.92. The first-order valence-electron chi connectivity index (χ1n) is 14.4. The van der Waals surface area contributed by atoms with E-state index in [4.69, 9.17) is 47.5 Å². The van der Waals surface area contributed by atoms with Crippen LogP contribution < -0.4 is 19.8 Å². The van der Waals surface area contributed by atoms with Gasteiger partial charge in [-0.1, -0.05) is 55.2 Å². The number of benzene rings is 4. The summed E-state index contributed by atoms with van der Waals surface area (Å²) < 4.78 is 19.7. The first kappa shape index (κ1) is 32.5. The Morgan fingerprint density at radius 3 is 2.47 bits per heavy atom. The molecule has 0 spiro atoms. The molecule has 0 atom stereocenters. The Kier molecular flexibility index (Phi) is 10.2. The van der Waals surface area contributed by atoms with Gasteiger partial charge in [0.15, 0.2) is 17.3 Å². The van der Waals surface area contributed by atoms with Gasteiger partial charge in [0.05, 0.1) is 30.8 Å². The first-order valence-corrected chi connectivity index (χ1v) is 15.9. The topological polar surface area (TPSA) is 74.9 Å². The van der Waals surface area contributed by atoms with Crippen molar-refractivity contribution in [3.63, 3.8) is 0 Å². The van der Waals surface area contributed by atoms with Crippen LogP contribution in [0.5, 0.6) is 17.2 Å². The summed E-state index contributed by atoms with van der Waals surface area (Å²) in [5.41, 5.74) is 4.48. The molecule has 0 aliphatic rings. The molecular formula is C35H32BrCl2N3O4. The lowest BCUT2D eigenvalue weighted by molar-refractivity contribution is 0.269. The van der Waals surface area contributed by atoms with Gasteiger partial charge in [-0.05, 0) is 95.4 Å². The van der Waals surface area contributed by atoms with Crippen molar-refractivity contribution in [2.75, 3.05) is 13.7 Å². The van der Waals surface area contributed by atoms with Gasteiger partial charge in [-0.3, -0.25) is 4.79 Å². The Labute approximate surface area is 280 Å². The zero-order valence-electron chi connectivity index (χ0n) is 25.5. The van der Waals surface area contributed by atoms with Crippen molar-refractivity contribution in [1.29, 1.82) is 0 Å². The van der Waals surface area contributed by atoms with Gasteiger partial charge in [0.25, 0.3) is 5.56 Å². The van der Waals surface area contributed by atoms with E-state index in [1.54, 1.807) is 37.6 Å². The van der Waals surface area contributed by atoms with Crippen molar-refractivity contribution in [3.05, 3.63) is 114 Å². The monoisotopic (exact) mass is 707 g/mol. The molecule has 232 valence electrons. The lowest BCUT2D eigenvalue weighted by Gasteiger charge is -2.17. The number of aromatic nitrogens is 2. The maximum Gasteiger partial charge on any atom is 0.282 e. The molecule has 0 fully saturated rings. The molecule has 0 bridgehead atoms. The van der Waals surface area contributed by atoms with E-state index in [2.05, 4.69) is 29.8 Å². The second-order valence-corrected chi connectivity index (χ2v) is 12.4. The van der Waals surface area contributed by atoms with Gasteiger partial charge in [-0.25, -0.2) is 4.98 Å². The van der Waals surface area contributed by atoms with Crippen LogP contribution in [0, 0.1) is 6.92 Å². The number of halogens is 3. The molecule has 0 N–H and O–H groups in total. The summed E-state index contributed by atoms with van der Waals surface area (Å²) in [5, 5.41) is 6.23. The molecule has 5 aromatic rings. The smallest absolute Gasteiger partial charge is 0.282 e. The molecule has 0 amide bonds. The number of ether oxygens (including phenoxy) is 3. The normalized spacial score (nSPS) is 11.5. The third-order valence-corrected chi connectivity index (χ3v) is 8.54. The van der Waals surface area contributed by atoms with E-state index in [0.717, 1.165) is 28.0 Å². The minimum atomic E-state index is -0.283. The Morgan fingerprint density at radius 2 is 1.76 bits per heavy atom. The molecule has 4 aromatic carbocycles. The Morgan fingerprint density at radius 1 is 1.00 bits per heavy atom. The van der Waals surface area contributed by atoms with E-state index < -0.39 is 0 Å². The van der Waals surface area contributed by atoms with Crippen LogP contribution in [0.3, 0.4) is 0 Å². The van der Waals surface area contributed by atoms with Crippen LogP contribution >= 0.6 is 39.1 Å². The highest BCUT2D eigenvalue weighted by molar-refractivity contribution is 9.10. The first-order chi connectivity index (χ1) is 21.6. The largest absolute Gasteiger partial charge is 0.496 e. The molecule has 1 aromatic heterocycles. The molecular weight excluding hydrogens is 677 g/mol. The number of para-hydroxylation sites is 1. The zero-order chi connectivity index (χ0) is 32.2. The van der Waals surface area contributed by atoms with Crippen LogP contribution in [0.2, 0.25) is 10.0 Å². The number of hydrogen-bond donors (Lipinski definition) is 0.